The quantitative estimate of drug-likeness (QED) is 0.570. The van der Waals surface area contributed by atoms with E-state index >= 15 is 0 Å². The van der Waals surface area contributed by atoms with Gasteiger partial charge in [0.15, 0.2) is 0 Å². The number of primary amides is 1. The summed E-state index contributed by atoms with van der Waals surface area (Å²) in [6.07, 6.45) is 5.62. The molecular formula is C10H21N3O. The van der Waals surface area contributed by atoms with E-state index in [0.29, 0.717) is 0 Å². The molecule has 1 aliphatic heterocycles. The van der Waals surface area contributed by atoms with Crippen LogP contribution in [0.5, 0.6) is 0 Å². The molecule has 82 valence electrons. The number of nitrogens with two attached hydrogens (primary N) is 2. The minimum atomic E-state index is -0.168. The zero-order chi connectivity index (χ0) is 10.4. The maximum atomic E-state index is 10.9. The zero-order valence-corrected chi connectivity index (χ0v) is 8.74. The van der Waals surface area contributed by atoms with Crippen LogP contribution in [0.25, 0.3) is 0 Å². The molecule has 0 radical (unpaired) electrons. The molecule has 1 rings (SSSR count). The Morgan fingerprint density at radius 3 is 2.50 bits per heavy atom. The Labute approximate surface area is 85.6 Å². The SMILES string of the molecule is NCCCCCCN1CCC1C(N)=O. The van der Waals surface area contributed by atoms with Gasteiger partial charge in [0.05, 0.1) is 6.04 Å². The summed E-state index contributed by atoms with van der Waals surface area (Å²) >= 11 is 0. The van der Waals surface area contributed by atoms with Gasteiger partial charge in [0.1, 0.15) is 0 Å². The van der Waals surface area contributed by atoms with Gasteiger partial charge in [-0.3, -0.25) is 9.69 Å². The number of carbonyl (C=O) groups is 1. The molecule has 1 fully saturated rings. The van der Waals surface area contributed by atoms with E-state index in [1.54, 1.807) is 0 Å². The summed E-state index contributed by atoms with van der Waals surface area (Å²) in [4.78, 5) is 13.1. The molecule has 4 N–H and O–H groups in total. The largest absolute Gasteiger partial charge is 0.368 e. The summed E-state index contributed by atoms with van der Waals surface area (Å²) in [6.45, 7) is 2.83. The second-order valence-electron chi connectivity index (χ2n) is 3.95. The van der Waals surface area contributed by atoms with Gasteiger partial charge < -0.3 is 11.5 Å². The van der Waals surface area contributed by atoms with Crippen LogP contribution in [-0.2, 0) is 4.79 Å². The van der Waals surface area contributed by atoms with E-state index < -0.39 is 0 Å². The highest BCUT2D eigenvalue weighted by Gasteiger charge is 2.31. The molecule has 4 heteroatoms. The van der Waals surface area contributed by atoms with Crippen molar-refractivity contribution in [3.8, 4) is 0 Å². The Kier molecular flexibility index (Phi) is 4.90. The van der Waals surface area contributed by atoms with E-state index in [0.717, 1.165) is 38.9 Å². The highest BCUT2D eigenvalue weighted by Crippen LogP contribution is 2.17. The Hall–Kier alpha value is -0.610. The Balaban J connectivity index is 1.99. The molecule has 1 saturated heterocycles. The smallest absolute Gasteiger partial charge is 0.234 e. The molecule has 1 unspecified atom stereocenters. The normalized spacial score (nSPS) is 21.9. The van der Waals surface area contributed by atoms with Gasteiger partial charge in [-0.1, -0.05) is 12.8 Å². The molecule has 0 aromatic heterocycles. The molecule has 0 saturated carbocycles. The predicted molar refractivity (Wildman–Crippen MR) is 56.7 cm³/mol. The van der Waals surface area contributed by atoms with Crippen molar-refractivity contribution in [2.24, 2.45) is 11.5 Å². The van der Waals surface area contributed by atoms with Gasteiger partial charge >= 0.3 is 0 Å². The van der Waals surface area contributed by atoms with Gasteiger partial charge in [-0.25, -0.2) is 0 Å². The van der Waals surface area contributed by atoms with E-state index in [-0.39, 0.29) is 11.9 Å². The average Bonchev–Trinajstić information content (AvgIpc) is 2.08. The van der Waals surface area contributed by atoms with E-state index in [1.165, 1.54) is 12.8 Å². The molecular weight excluding hydrogens is 178 g/mol. The van der Waals surface area contributed by atoms with Crippen LogP contribution >= 0.6 is 0 Å². The molecule has 14 heavy (non-hydrogen) atoms. The van der Waals surface area contributed by atoms with E-state index in [9.17, 15) is 4.79 Å². The first-order chi connectivity index (χ1) is 6.75. The van der Waals surface area contributed by atoms with Gasteiger partial charge in [0, 0.05) is 6.54 Å². The minimum absolute atomic E-state index is 0.0181. The van der Waals surface area contributed by atoms with Crippen molar-refractivity contribution in [3.05, 3.63) is 0 Å². The Bertz CT molecular complexity index is 184. The fraction of sp³-hybridized carbons (Fsp3) is 0.900. The Morgan fingerprint density at radius 2 is 2.00 bits per heavy atom. The molecule has 1 heterocycles. The number of hydrogen-bond acceptors (Lipinski definition) is 3. The van der Waals surface area contributed by atoms with Crippen molar-refractivity contribution in [2.45, 2.75) is 38.1 Å². The van der Waals surface area contributed by atoms with Crippen molar-refractivity contribution in [1.29, 1.82) is 0 Å². The van der Waals surface area contributed by atoms with Crippen molar-refractivity contribution in [3.63, 3.8) is 0 Å². The number of unbranched alkanes of at least 4 members (excludes halogenated alkanes) is 3. The van der Waals surface area contributed by atoms with Crippen molar-refractivity contribution < 1.29 is 4.79 Å². The van der Waals surface area contributed by atoms with Crippen molar-refractivity contribution >= 4 is 5.91 Å². The van der Waals surface area contributed by atoms with Gasteiger partial charge in [0.2, 0.25) is 5.91 Å². The average molecular weight is 199 g/mol. The second-order valence-corrected chi connectivity index (χ2v) is 3.95. The number of amides is 1. The second kappa shape index (κ2) is 5.98. The predicted octanol–water partition coefficient (Wildman–Crippen LogP) is 0.0651. The summed E-state index contributed by atoms with van der Waals surface area (Å²) < 4.78 is 0. The topological polar surface area (TPSA) is 72.3 Å². The van der Waals surface area contributed by atoms with Crippen LogP contribution in [0.3, 0.4) is 0 Å². The van der Waals surface area contributed by atoms with Crippen LogP contribution < -0.4 is 11.5 Å². The highest BCUT2D eigenvalue weighted by atomic mass is 16.1. The van der Waals surface area contributed by atoms with Crippen molar-refractivity contribution in [1.82, 2.24) is 4.90 Å². The Morgan fingerprint density at radius 1 is 1.29 bits per heavy atom. The molecule has 4 nitrogen and oxygen atoms in total. The first-order valence-corrected chi connectivity index (χ1v) is 5.49. The van der Waals surface area contributed by atoms with Gasteiger partial charge in [-0.2, -0.15) is 0 Å². The maximum Gasteiger partial charge on any atom is 0.234 e. The zero-order valence-electron chi connectivity index (χ0n) is 8.74. The monoisotopic (exact) mass is 199 g/mol. The summed E-state index contributed by atoms with van der Waals surface area (Å²) in [7, 11) is 0. The van der Waals surface area contributed by atoms with Crippen LogP contribution in [0.2, 0.25) is 0 Å². The number of nitrogens with zero attached hydrogens (tertiary/aromatic N) is 1. The van der Waals surface area contributed by atoms with Crippen LogP contribution in [-0.4, -0.2) is 36.5 Å². The molecule has 0 aromatic carbocycles. The third-order valence-electron chi connectivity index (χ3n) is 2.86. The summed E-state index contributed by atoms with van der Waals surface area (Å²) in [6, 6.07) is 0.0181. The molecule has 0 bridgehead atoms. The molecule has 1 amide bonds. The lowest BCUT2D eigenvalue weighted by atomic mass is 10.0. The van der Waals surface area contributed by atoms with E-state index in [4.69, 9.17) is 11.5 Å². The molecule has 0 aliphatic carbocycles. The van der Waals surface area contributed by atoms with Crippen LogP contribution in [0.4, 0.5) is 0 Å². The number of likely N-dealkylation sites (tertiary alicyclic amines) is 1. The van der Waals surface area contributed by atoms with Gasteiger partial charge in [-0.15, -0.1) is 0 Å². The standard InChI is InChI=1S/C10H21N3O/c11-6-3-1-2-4-7-13-8-5-9(13)10(12)14/h9H,1-8,11H2,(H2,12,14). The third kappa shape index (κ3) is 3.27. The lowest BCUT2D eigenvalue weighted by molar-refractivity contribution is -0.127. The molecule has 1 aliphatic rings. The fourth-order valence-corrected chi connectivity index (χ4v) is 1.84. The first kappa shape index (κ1) is 11.5. The van der Waals surface area contributed by atoms with E-state index in [2.05, 4.69) is 4.90 Å². The number of carbonyl (C=O) groups excluding carboxylic acids is 1. The van der Waals surface area contributed by atoms with Crippen LogP contribution in [0.1, 0.15) is 32.1 Å². The fourth-order valence-electron chi connectivity index (χ4n) is 1.84. The molecule has 0 aromatic rings. The van der Waals surface area contributed by atoms with Crippen LogP contribution in [0.15, 0.2) is 0 Å². The number of hydrogen-bond donors (Lipinski definition) is 2. The lowest BCUT2D eigenvalue weighted by Gasteiger charge is -2.38. The minimum Gasteiger partial charge on any atom is -0.368 e. The summed E-state index contributed by atoms with van der Waals surface area (Å²) in [5, 5.41) is 0. The van der Waals surface area contributed by atoms with Gasteiger partial charge in [0.25, 0.3) is 0 Å². The molecule has 0 spiro atoms. The first-order valence-electron chi connectivity index (χ1n) is 5.49. The highest BCUT2D eigenvalue weighted by molar-refractivity contribution is 5.80. The van der Waals surface area contributed by atoms with Crippen molar-refractivity contribution in [2.75, 3.05) is 19.6 Å². The maximum absolute atomic E-state index is 10.9. The molecule has 1 atom stereocenters. The summed E-state index contributed by atoms with van der Waals surface area (Å²) in [5.74, 6) is -0.168. The van der Waals surface area contributed by atoms with Crippen LogP contribution in [0, 0.1) is 0 Å². The number of rotatable bonds is 7. The van der Waals surface area contributed by atoms with E-state index in [1.807, 2.05) is 0 Å². The summed E-state index contributed by atoms with van der Waals surface area (Å²) in [5.41, 5.74) is 10.6. The third-order valence-corrected chi connectivity index (χ3v) is 2.86. The lowest BCUT2D eigenvalue weighted by Crippen LogP contribution is -2.54. The van der Waals surface area contributed by atoms with Gasteiger partial charge in [-0.05, 0) is 32.4 Å².